The Kier molecular flexibility index (Phi) is 10.7. The Bertz CT molecular complexity index is 828. The third-order valence-corrected chi connectivity index (χ3v) is 4.98. The average molecular weight is 414 g/mol. The number of benzene rings is 2. The fraction of sp³-hybridized carbons (Fsp3) is 0.440. The van der Waals surface area contributed by atoms with Crippen LogP contribution in [0.3, 0.4) is 0 Å². The second-order valence-corrected chi connectivity index (χ2v) is 6.95. The Morgan fingerprint density at radius 3 is 2.17 bits per heavy atom. The van der Waals surface area contributed by atoms with Crippen LogP contribution in [0, 0.1) is 0 Å². The molecule has 0 amide bonds. The van der Waals surface area contributed by atoms with Crippen molar-refractivity contribution in [2.45, 2.75) is 53.9 Å². The van der Waals surface area contributed by atoms with Crippen LogP contribution < -0.4 is 4.90 Å². The minimum absolute atomic E-state index is 0. The van der Waals surface area contributed by atoms with E-state index in [1.165, 1.54) is 0 Å². The largest absolute Gasteiger partial charge is 0.507 e. The van der Waals surface area contributed by atoms with Crippen molar-refractivity contribution in [3.8, 4) is 5.75 Å². The molecule has 0 saturated carbocycles. The van der Waals surface area contributed by atoms with Gasteiger partial charge in [0.05, 0.1) is 17.7 Å². The number of unbranched alkanes of at least 4 members (excludes halogenated alkanes) is 3. The topological polar surface area (TPSA) is 66.8 Å². The average Bonchev–Trinajstić information content (AvgIpc) is 2.74. The monoisotopic (exact) mass is 413 g/mol. The maximum Gasteiger partial charge on any atom is 0.338 e. The zero-order valence-electron chi connectivity index (χ0n) is 17.6. The molecule has 0 heterocycles. The Morgan fingerprint density at radius 2 is 1.57 bits per heavy atom. The first-order valence-corrected chi connectivity index (χ1v) is 10.4. The predicted octanol–water partition coefficient (Wildman–Crippen LogP) is 5.84. The highest BCUT2D eigenvalue weighted by molar-refractivity contribution is 6.15. The molecule has 164 valence electrons. The molecule has 0 spiro atoms. The van der Waals surface area contributed by atoms with Crippen LogP contribution >= 0.6 is 0 Å². The third-order valence-electron chi connectivity index (χ3n) is 4.98. The Balaban J connectivity index is 0.00000450. The van der Waals surface area contributed by atoms with E-state index in [9.17, 15) is 14.7 Å². The highest BCUT2D eigenvalue weighted by Gasteiger charge is 2.21. The van der Waals surface area contributed by atoms with Gasteiger partial charge in [-0.3, -0.25) is 4.79 Å². The van der Waals surface area contributed by atoms with Gasteiger partial charge in [-0.25, -0.2) is 4.79 Å². The zero-order valence-corrected chi connectivity index (χ0v) is 17.6. The van der Waals surface area contributed by atoms with Gasteiger partial charge in [-0.15, -0.1) is 0 Å². The summed E-state index contributed by atoms with van der Waals surface area (Å²) >= 11 is 0. The minimum atomic E-state index is -0.510. The lowest BCUT2D eigenvalue weighted by molar-refractivity contribution is 0.0495. The lowest BCUT2D eigenvalue weighted by atomic mass is 9.97. The summed E-state index contributed by atoms with van der Waals surface area (Å²) < 4.78 is 5.35. The van der Waals surface area contributed by atoms with Crippen LogP contribution in [0.5, 0.6) is 5.75 Å². The summed E-state index contributed by atoms with van der Waals surface area (Å²) in [6.07, 6.45) is 4.04. The molecule has 0 fully saturated rings. The molecule has 5 nitrogen and oxygen atoms in total. The predicted molar refractivity (Wildman–Crippen MR) is 123 cm³/mol. The number of carbonyl (C=O) groups excluding carboxylic acids is 2. The van der Waals surface area contributed by atoms with Crippen LogP contribution in [-0.2, 0) is 4.74 Å². The second kappa shape index (κ2) is 12.7. The van der Waals surface area contributed by atoms with Crippen molar-refractivity contribution < 1.29 is 19.4 Å². The van der Waals surface area contributed by atoms with Gasteiger partial charge in [0.1, 0.15) is 5.75 Å². The molecule has 2 aromatic carbocycles. The maximum absolute atomic E-state index is 13.0. The van der Waals surface area contributed by atoms with E-state index < -0.39 is 11.8 Å². The number of ether oxygens (including phenoxy) is 1. The Labute approximate surface area is 180 Å². The van der Waals surface area contributed by atoms with E-state index in [0.29, 0.717) is 6.61 Å². The summed E-state index contributed by atoms with van der Waals surface area (Å²) in [4.78, 5) is 27.6. The molecule has 0 aliphatic heterocycles. The SMILES string of the molecule is C.CCCCCCOC(=O)c1ccccc1C(=O)c1ccc(N(CC)CC)cc1O. The van der Waals surface area contributed by atoms with Crippen LogP contribution in [0.1, 0.15) is 80.2 Å². The van der Waals surface area contributed by atoms with Crippen LogP contribution in [0.25, 0.3) is 0 Å². The normalized spacial score (nSPS) is 10.2. The number of rotatable bonds is 11. The molecule has 2 rings (SSSR count). The number of carbonyl (C=O) groups is 2. The molecule has 0 unspecified atom stereocenters. The first-order valence-electron chi connectivity index (χ1n) is 10.4. The second-order valence-electron chi connectivity index (χ2n) is 6.95. The van der Waals surface area contributed by atoms with Gasteiger partial charge in [0.2, 0.25) is 0 Å². The number of hydrogen-bond acceptors (Lipinski definition) is 5. The van der Waals surface area contributed by atoms with Gasteiger partial charge in [0, 0.05) is 30.4 Å². The molecule has 0 aromatic heterocycles. The number of esters is 1. The molecular formula is C25H35NO4. The molecular weight excluding hydrogens is 378 g/mol. The van der Waals surface area contributed by atoms with Crippen LogP contribution in [-0.4, -0.2) is 36.6 Å². The van der Waals surface area contributed by atoms with E-state index in [2.05, 4.69) is 11.8 Å². The summed E-state index contributed by atoms with van der Waals surface area (Å²) in [6, 6.07) is 11.6. The number of phenolic OH excluding ortho intramolecular Hbond substituents is 1. The van der Waals surface area contributed by atoms with Gasteiger partial charge in [0.15, 0.2) is 5.78 Å². The van der Waals surface area contributed by atoms with Crippen molar-refractivity contribution in [1.82, 2.24) is 0 Å². The van der Waals surface area contributed by atoms with E-state index >= 15 is 0 Å². The highest BCUT2D eigenvalue weighted by Crippen LogP contribution is 2.28. The smallest absolute Gasteiger partial charge is 0.338 e. The van der Waals surface area contributed by atoms with Crippen molar-refractivity contribution in [1.29, 1.82) is 0 Å². The molecule has 0 bridgehead atoms. The maximum atomic E-state index is 13.0. The third kappa shape index (κ3) is 6.34. The number of aromatic hydroxyl groups is 1. The standard InChI is InChI=1S/C24H31NO4.CH4/c1-4-7-8-11-16-29-24(28)20-13-10-9-12-19(20)23(27)21-15-14-18(17-22(21)26)25(5-2)6-3;/h9-10,12-15,17,26H,4-8,11,16H2,1-3H3;1H4. The summed E-state index contributed by atoms with van der Waals surface area (Å²) in [5, 5.41) is 10.5. The van der Waals surface area contributed by atoms with E-state index in [1.54, 1.807) is 36.4 Å². The molecule has 5 heteroatoms. The Morgan fingerprint density at radius 1 is 0.900 bits per heavy atom. The number of nitrogens with zero attached hydrogens (tertiary/aromatic N) is 1. The molecule has 0 atom stereocenters. The molecule has 30 heavy (non-hydrogen) atoms. The molecule has 1 N–H and O–H groups in total. The summed E-state index contributed by atoms with van der Waals surface area (Å²) in [7, 11) is 0. The fourth-order valence-electron chi connectivity index (χ4n) is 3.27. The summed E-state index contributed by atoms with van der Waals surface area (Å²) in [5.41, 5.74) is 1.48. The van der Waals surface area contributed by atoms with Crippen LogP contribution in [0.4, 0.5) is 5.69 Å². The Hall–Kier alpha value is -2.82. The van der Waals surface area contributed by atoms with E-state index in [-0.39, 0.29) is 29.9 Å². The highest BCUT2D eigenvalue weighted by atomic mass is 16.5. The number of hydrogen-bond donors (Lipinski definition) is 1. The quantitative estimate of drug-likeness (QED) is 0.285. The van der Waals surface area contributed by atoms with Gasteiger partial charge >= 0.3 is 5.97 Å². The summed E-state index contributed by atoms with van der Waals surface area (Å²) in [6.45, 7) is 8.13. The van der Waals surface area contributed by atoms with Gasteiger partial charge in [-0.05, 0) is 38.5 Å². The molecule has 2 aromatic rings. The number of ketones is 1. The lowest BCUT2D eigenvalue weighted by Crippen LogP contribution is -2.21. The fourth-order valence-corrected chi connectivity index (χ4v) is 3.27. The van der Waals surface area contributed by atoms with Crippen molar-refractivity contribution in [2.24, 2.45) is 0 Å². The first-order chi connectivity index (χ1) is 14.0. The summed E-state index contributed by atoms with van der Waals surface area (Å²) in [5.74, 6) is -1.00. The van der Waals surface area contributed by atoms with Crippen molar-refractivity contribution >= 4 is 17.4 Å². The van der Waals surface area contributed by atoms with Crippen LogP contribution in [0.2, 0.25) is 0 Å². The van der Waals surface area contributed by atoms with Gasteiger partial charge in [0.25, 0.3) is 0 Å². The van der Waals surface area contributed by atoms with E-state index in [0.717, 1.165) is 44.5 Å². The molecule has 0 aliphatic rings. The number of anilines is 1. The minimum Gasteiger partial charge on any atom is -0.507 e. The zero-order chi connectivity index (χ0) is 21.2. The first kappa shape index (κ1) is 25.2. The van der Waals surface area contributed by atoms with Crippen molar-refractivity contribution in [2.75, 3.05) is 24.6 Å². The van der Waals surface area contributed by atoms with E-state index in [4.69, 9.17) is 4.74 Å². The van der Waals surface area contributed by atoms with Crippen molar-refractivity contribution in [3.05, 3.63) is 59.2 Å². The molecule has 0 saturated heterocycles. The lowest BCUT2D eigenvalue weighted by Gasteiger charge is -2.21. The van der Waals surface area contributed by atoms with Crippen molar-refractivity contribution in [3.63, 3.8) is 0 Å². The van der Waals surface area contributed by atoms with Gasteiger partial charge in [-0.2, -0.15) is 0 Å². The molecule has 0 radical (unpaired) electrons. The van der Waals surface area contributed by atoms with Crippen LogP contribution in [0.15, 0.2) is 42.5 Å². The molecule has 0 aliphatic carbocycles. The van der Waals surface area contributed by atoms with Gasteiger partial charge in [-0.1, -0.05) is 51.8 Å². The number of phenols is 1. The van der Waals surface area contributed by atoms with Gasteiger partial charge < -0.3 is 14.7 Å². The van der Waals surface area contributed by atoms with E-state index in [1.807, 2.05) is 19.9 Å².